The summed E-state index contributed by atoms with van der Waals surface area (Å²) in [5.74, 6) is -0.250. The number of benzene rings is 1. The van der Waals surface area contributed by atoms with Crippen molar-refractivity contribution < 1.29 is 9.50 Å². The van der Waals surface area contributed by atoms with Crippen LogP contribution in [0.15, 0.2) is 18.2 Å². The van der Waals surface area contributed by atoms with Crippen LogP contribution >= 0.6 is 0 Å². The van der Waals surface area contributed by atoms with Gasteiger partial charge in [0, 0.05) is 31.9 Å². The molecule has 0 amide bonds. The van der Waals surface area contributed by atoms with E-state index in [0.717, 1.165) is 37.1 Å². The van der Waals surface area contributed by atoms with Crippen molar-refractivity contribution in [3.05, 3.63) is 29.6 Å². The fourth-order valence-corrected chi connectivity index (χ4v) is 2.00. The molecule has 3 N–H and O–H groups in total. The molecule has 1 rings (SSSR count). The number of nitrogens with two attached hydrogens (primary N) is 1. The number of hydrogen-bond acceptors (Lipinski definition) is 3. The molecule has 0 aliphatic heterocycles. The van der Waals surface area contributed by atoms with Gasteiger partial charge in [-0.1, -0.05) is 0 Å². The largest absolute Gasteiger partial charge is 0.396 e. The molecule has 0 aliphatic carbocycles. The van der Waals surface area contributed by atoms with Crippen molar-refractivity contribution in [3.8, 4) is 0 Å². The number of unbranched alkanes of at least 4 members (excludes halogenated alkanes) is 2. The van der Waals surface area contributed by atoms with Crippen LogP contribution in [0.1, 0.15) is 37.8 Å². The maximum atomic E-state index is 13.2. The summed E-state index contributed by atoms with van der Waals surface area (Å²) in [6.07, 6.45) is 2.83. The Hall–Kier alpha value is -1.13. The Bertz CT molecular complexity index is 369. The van der Waals surface area contributed by atoms with E-state index in [-0.39, 0.29) is 18.5 Å². The maximum absolute atomic E-state index is 13.2. The molecule has 0 fully saturated rings. The summed E-state index contributed by atoms with van der Waals surface area (Å²) >= 11 is 0. The average Bonchev–Trinajstić information content (AvgIpc) is 2.34. The predicted octanol–water partition coefficient (Wildman–Crippen LogP) is 2.44. The first-order valence-corrected chi connectivity index (χ1v) is 6.43. The quantitative estimate of drug-likeness (QED) is 0.735. The van der Waals surface area contributed by atoms with Gasteiger partial charge in [-0.3, -0.25) is 0 Å². The SMILES string of the molecule is C[C@@H](N)c1cc(F)ccc1N(C)CCCCCO. The minimum absolute atomic E-state index is 0.185. The highest BCUT2D eigenvalue weighted by Crippen LogP contribution is 2.25. The van der Waals surface area contributed by atoms with E-state index in [0.29, 0.717) is 0 Å². The van der Waals surface area contributed by atoms with Gasteiger partial charge in [-0.2, -0.15) is 0 Å². The van der Waals surface area contributed by atoms with Gasteiger partial charge in [0.15, 0.2) is 0 Å². The van der Waals surface area contributed by atoms with Crippen LogP contribution < -0.4 is 10.6 Å². The van der Waals surface area contributed by atoms with Gasteiger partial charge < -0.3 is 15.7 Å². The third-order valence-electron chi connectivity index (χ3n) is 3.04. The molecule has 18 heavy (non-hydrogen) atoms. The molecule has 0 saturated heterocycles. The van der Waals surface area contributed by atoms with Crippen LogP contribution in [0.25, 0.3) is 0 Å². The second kappa shape index (κ2) is 7.34. The predicted molar refractivity (Wildman–Crippen MR) is 73.2 cm³/mol. The van der Waals surface area contributed by atoms with Gasteiger partial charge in [-0.25, -0.2) is 4.39 Å². The van der Waals surface area contributed by atoms with E-state index >= 15 is 0 Å². The van der Waals surface area contributed by atoms with E-state index in [1.165, 1.54) is 12.1 Å². The Morgan fingerprint density at radius 3 is 2.67 bits per heavy atom. The second-order valence-corrected chi connectivity index (χ2v) is 4.70. The Morgan fingerprint density at radius 2 is 2.06 bits per heavy atom. The summed E-state index contributed by atoms with van der Waals surface area (Å²) in [6, 6.07) is 4.56. The first-order valence-electron chi connectivity index (χ1n) is 6.43. The number of aliphatic hydroxyl groups excluding tert-OH is 1. The van der Waals surface area contributed by atoms with Crippen LogP contribution in [0, 0.1) is 5.82 Å². The number of halogens is 1. The van der Waals surface area contributed by atoms with E-state index < -0.39 is 0 Å². The maximum Gasteiger partial charge on any atom is 0.123 e. The molecule has 0 radical (unpaired) electrons. The molecule has 0 unspecified atom stereocenters. The van der Waals surface area contributed by atoms with E-state index in [2.05, 4.69) is 4.90 Å². The highest BCUT2D eigenvalue weighted by molar-refractivity contribution is 5.54. The Kier molecular flexibility index (Phi) is 6.09. The van der Waals surface area contributed by atoms with E-state index in [1.54, 1.807) is 6.07 Å². The smallest absolute Gasteiger partial charge is 0.123 e. The third kappa shape index (κ3) is 4.27. The van der Waals surface area contributed by atoms with Gasteiger partial charge in [0.25, 0.3) is 0 Å². The molecule has 0 bridgehead atoms. The highest BCUT2D eigenvalue weighted by atomic mass is 19.1. The van der Waals surface area contributed by atoms with E-state index in [4.69, 9.17) is 10.8 Å². The summed E-state index contributed by atoms with van der Waals surface area (Å²) in [5, 5.41) is 8.72. The van der Waals surface area contributed by atoms with Gasteiger partial charge in [0.2, 0.25) is 0 Å². The lowest BCUT2D eigenvalue weighted by atomic mass is 10.1. The molecule has 3 nitrogen and oxygen atoms in total. The third-order valence-corrected chi connectivity index (χ3v) is 3.04. The topological polar surface area (TPSA) is 49.5 Å². The molecule has 1 aromatic carbocycles. The van der Waals surface area contributed by atoms with Crippen molar-refractivity contribution in [2.24, 2.45) is 5.73 Å². The lowest BCUT2D eigenvalue weighted by Gasteiger charge is -2.24. The fraction of sp³-hybridized carbons (Fsp3) is 0.571. The molecule has 0 aliphatic rings. The molecule has 0 heterocycles. The molecule has 0 saturated carbocycles. The standard InChI is InChI=1S/C14H23FN2O/c1-11(16)13-10-12(15)6-7-14(13)17(2)8-4-3-5-9-18/h6-7,10-11,18H,3-5,8-9,16H2,1-2H3/t11-/m1/s1. The van der Waals surface area contributed by atoms with Crippen molar-refractivity contribution in [1.29, 1.82) is 0 Å². The van der Waals surface area contributed by atoms with E-state index in [9.17, 15) is 4.39 Å². The average molecular weight is 254 g/mol. The lowest BCUT2D eigenvalue weighted by Crippen LogP contribution is -2.22. The Balaban J connectivity index is 2.69. The number of hydrogen-bond donors (Lipinski definition) is 2. The van der Waals surface area contributed by atoms with Crippen LogP contribution in [-0.4, -0.2) is 25.3 Å². The number of nitrogens with zero attached hydrogens (tertiary/aromatic N) is 1. The normalized spacial score (nSPS) is 12.5. The fourth-order valence-electron chi connectivity index (χ4n) is 2.00. The molecule has 1 atom stereocenters. The lowest BCUT2D eigenvalue weighted by molar-refractivity contribution is 0.283. The van der Waals surface area contributed by atoms with Crippen LogP contribution in [0.5, 0.6) is 0 Å². The highest BCUT2D eigenvalue weighted by Gasteiger charge is 2.11. The van der Waals surface area contributed by atoms with Crippen LogP contribution in [0.2, 0.25) is 0 Å². The molecule has 102 valence electrons. The van der Waals surface area contributed by atoms with Crippen molar-refractivity contribution in [1.82, 2.24) is 0 Å². The Labute approximate surface area is 108 Å². The second-order valence-electron chi connectivity index (χ2n) is 4.70. The van der Waals surface area contributed by atoms with Gasteiger partial charge in [0.1, 0.15) is 5.82 Å². The minimum Gasteiger partial charge on any atom is -0.396 e. The van der Waals surface area contributed by atoms with Gasteiger partial charge in [0.05, 0.1) is 0 Å². The van der Waals surface area contributed by atoms with Crippen LogP contribution in [0.4, 0.5) is 10.1 Å². The number of anilines is 1. The zero-order valence-electron chi connectivity index (χ0n) is 11.2. The first-order chi connectivity index (χ1) is 8.56. The molecular weight excluding hydrogens is 231 g/mol. The van der Waals surface area contributed by atoms with Crippen molar-refractivity contribution in [3.63, 3.8) is 0 Å². The summed E-state index contributed by atoms with van der Waals surface area (Å²) < 4.78 is 13.2. The van der Waals surface area contributed by atoms with Gasteiger partial charge in [-0.15, -0.1) is 0 Å². The monoisotopic (exact) mass is 254 g/mol. The van der Waals surface area contributed by atoms with Crippen LogP contribution in [0.3, 0.4) is 0 Å². The zero-order valence-corrected chi connectivity index (χ0v) is 11.2. The molecule has 1 aromatic rings. The Morgan fingerprint density at radius 1 is 1.33 bits per heavy atom. The first kappa shape index (κ1) is 14.9. The summed E-state index contributed by atoms with van der Waals surface area (Å²) in [4.78, 5) is 2.09. The molecule has 4 heteroatoms. The number of aliphatic hydroxyl groups is 1. The minimum atomic E-state index is -0.250. The van der Waals surface area contributed by atoms with E-state index in [1.807, 2.05) is 14.0 Å². The molecule has 0 spiro atoms. The van der Waals surface area contributed by atoms with Gasteiger partial charge >= 0.3 is 0 Å². The number of rotatable bonds is 7. The molecular formula is C14H23FN2O. The van der Waals surface area contributed by atoms with Crippen molar-refractivity contribution in [2.75, 3.05) is 25.1 Å². The summed E-state index contributed by atoms with van der Waals surface area (Å²) in [6.45, 7) is 2.98. The summed E-state index contributed by atoms with van der Waals surface area (Å²) in [7, 11) is 1.98. The van der Waals surface area contributed by atoms with Crippen molar-refractivity contribution >= 4 is 5.69 Å². The molecule has 0 aromatic heterocycles. The van der Waals surface area contributed by atoms with Crippen LogP contribution in [-0.2, 0) is 0 Å². The van der Waals surface area contributed by atoms with Gasteiger partial charge in [-0.05, 0) is 49.9 Å². The summed E-state index contributed by atoms with van der Waals surface area (Å²) in [5.41, 5.74) is 7.69. The van der Waals surface area contributed by atoms with Crippen molar-refractivity contribution in [2.45, 2.75) is 32.2 Å². The zero-order chi connectivity index (χ0) is 13.5.